The summed E-state index contributed by atoms with van der Waals surface area (Å²) in [4.78, 5) is 2.05. The number of aliphatic hydroxyl groups is 1. The Morgan fingerprint density at radius 2 is 1.96 bits per heavy atom. The molecule has 0 aliphatic carbocycles. The van der Waals surface area contributed by atoms with Gasteiger partial charge in [0.25, 0.3) is 0 Å². The molecule has 4 rings (SSSR count). The predicted octanol–water partition coefficient (Wildman–Crippen LogP) is 3.68. The summed E-state index contributed by atoms with van der Waals surface area (Å²) in [5.41, 5.74) is 1.86. The van der Waals surface area contributed by atoms with Crippen LogP contribution in [0, 0.1) is 0 Å². The molecule has 3 N–H and O–H groups in total. The molecule has 1 fully saturated rings. The van der Waals surface area contributed by atoms with Crippen LogP contribution in [0.3, 0.4) is 0 Å². The van der Waals surface area contributed by atoms with E-state index in [9.17, 15) is 15.3 Å². The van der Waals surface area contributed by atoms with Crippen LogP contribution in [-0.4, -0.2) is 46.5 Å². The van der Waals surface area contributed by atoms with Crippen molar-refractivity contribution in [1.29, 1.82) is 0 Å². The van der Waals surface area contributed by atoms with Gasteiger partial charge in [0.05, 0.1) is 11.7 Å². The summed E-state index contributed by atoms with van der Waals surface area (Å²) in [7, 11) is 1.96. The lowest BCUT2D eigenvalue weighted by Gasteiger charge is -2.36. The van der Waals surface area contributed by atoms with Crippen molar-refractivity contribution in [2.75, 3.05) is 20.1 Å². The van der Waals surface area contributed by atoms with Crippen molar-refractivity contribution >= 4 is 17.7 Å². The predicted molar refractivity (Wildman–Crippen MR) is 104 cm³/mol. The van der Waals surface area contributed by atoms with Gasteiger partial charge in [0.15, 0.2) is 0 Å². The number of rotatable bonds is 2. The minimum absolute atomic E-state index is 0.0532. The van der Waals surface area contributed by atoms with Crippen molar-refractivity contribution in [3.05, 3.63) is 58.1 Å². The first-order valence-corrected chi connectivity index (χ1v) is 9.38. The lowest BCUT2D eigenvalue weighted by molar-refractivity contribution is 0.0612. The van der Waals surface area contributed by atoms with Gasteiger partial charge in [-0.2, -0.15) is 0 Å². The zero-order chi connectivity index (χ0) is 19.1. The summed E-state index contributed by atoms with van der Waals surface area (Å²) in [6, 6.07) is 8.74. The normalized spacial score (nSPS) is 25.1. The van der Waals surface area contributed by atoms with Crippen molar-refractivity contribution in [3.63, 3.8) is 0 Å². The molecule has 5 nitrogen and oxygen atoms in total. The van der Waals surface area contributed by atoms with Crippen LogP contribution in [0.5, 0.6) is 17.2 Å². The van der Waals surface area contributed by atoms with E-state index in [2.05, 4.69) is 4.90 Å². The third kappa shape index (κ3) is 3.27. The summed E-state index contributed by atoms with van der Waals surface area (Å²) >= 11 is 6.32. The number of aromatic hydroxyl groups is 2. The van der Waals surface area contributed by atoms with Crippen LogP contribution in [0.1, 0.15) is 35.1 Å². The van der Waals surface area contributed by atoms with Crippen LogP contribution in [-0.2, 0) is 0 Å². The molecule has 0 amide bonds. The molecular formula is C21H22ClNO4. The molecule has 0 radical (unpaired) electrons. The van der Waals surface area contributed by atoms with E-state index >= 15 is 0 Å². The topological polar surface area (TPSA) is 73.2 Å². The second-order valence-corrected chi connectivity index (χ2v) is 7.62. The number of aliphatic hydroxyl groups excluding tert-OH is 1. The van der Waals surface area contributed by atoms with Gasteiger partial charge in [-0.3, -0.25) is 0 Å². The van der Waals surface area contributed by atoms with Crippen molar-refractivity contribution < 1.29 is 20.1 Å². The number of likely N-dealkylation sites (tertiary alicyclic amines) is 1. The second-order valence-electron chi connectivity index (χ2n) is 7.22. The molecule has 142 valence electrons. The highest BCUT2D eigenvalue weighted by Crippen LogP contribution is 2.49. The average Bonchev–Trinajstić information content (AvgIpc) is 2.63. The molecule has 1 saturated heterocycles. The first kappa shape index (κ1) is 18.2. The minimum Gasteiger partial charge on any atom is -0.507 e. The molecule has 2 heterocycles. The number of fused-ring (bicyclic) bond motifs is 1. The van der Waals surface area contributed by atoms with Gasteiger partial charge in [-0.25, -0.2) is 0 Å². The van der Waals surface area contributed by atoms with Crippen LogP contribution >= 0.6 is 11.6 Å². The van der Waals surface area contributed by atoms with E-state index < -0.39 is 12.2 Å². The highest BCUT2D eigenvalue weighted by molar-refractivity contribution is 6.31. The molecule has 3 atom stereocenters. The van der Waals surface area contributed by atoms with Crippen molar-refractivity contribution in [2.45, 2.75) is 24.5 Å². The summed E-state index contributed by atoms with van der Waals surface area (Å²) in [5.74, 6) is 0.0260. The zero-order valence-corrected chi connectivity index (χ0v) is 15.7. The number of ether oxygens (including phenoxy) is 1. The maximum absolute atomic E-state index is 10.6. The number of piperidine rings is 1. The Morgan fingerprint density at radius 3 is 2.70 bits per heavy atom. The second kappa shape index (κ2) is 7.08. The molecule has 0 aromatic heterocycles. The Morgan fingerprint density at radius 1 is 1.19 bits per heavy atom. The van der Waals surface area contributed by atoms with E-state index in [1.807, 2.05) is 31.3 Å². The summed E-state index contributed by atoms with van der Waals surface area (Å²) in [6.07, 6.45) is 3.24. The lowest BCUT2D eigenvalue weighted by Crippen LogP contribution is -2.40. The fourth-order valence-electron chi connectivity index (χ4n) is 3.96. The number of hydrogen-bond acceptors (Lipinski definition) is 5. The molecule has 2 aromatic rings. The smallest absolute Gasteiger partial charge is 0.144 e. The van der Waals surface area contributed by atoms with E-state index in [-0.39, 0.29) is 17.4 Å². The molecule has 27 heavy (non-hydrogen) atoms. The van der Waals surface area contributed by atoms with Gasteiger partial charge in [-0.15, -0.1) is 0 Å². The Hall–Kier alpha value is -2.21. The van der Waals surface area contributed by atoms with Crippen LogP contribution in [0.25, 0.3) is 6.08 Å². The molecule has 0 spiro atoms. The fraction of sp³-hybridized carbons (Fsp3) is 0.333. The van der Waals surface area contributed by atoms with Crippen LogP contribution in [0.2, 0.25) is 5.02 Å². The van der Waals surface area contributed by atoms with E-state index in [1.54, 1.807) is 12.1 Å². The van der Waals surface area contributed by atoms with Gasteiger partial charge in [0.1, 0.15) is 23.4 Å². The van der Waals surface area contributed by atoms with Crippen molar-refractivity contribution in [3.8, 4) is 17.2 Å². The van der Waals surface area contributed by atoms with E-state index in [0.717, 1.165) is 12.1 Å². The van der Waals surface area contributed by atoms with Crippen molar-refractivity contribution in [1.82, 2.24) is 4.90 Å². The average molecular weight is 388 g/mol. The van der Waals surface area contributed by atoms with Crippen LogP contribution in [0.15, 0.2) is 36.4 Å². The van der Waals surface area contributed by atoms with Gasteiger partial charge in [0.2, 0.25) is 0 Å². The fourth-order valence-corrected chi connectivity index (χ4v) is 4.20. The SMILES string of the molecule is CN1CC[C@H](c2c(O)cc(O)c3c2OC(c2ccccc2Cl)C=C3)[C@H](O)C1. The van der Waals surface area contributed by atoms with E-state index in [0.29, 0.717) is 34.9 Å². The molecule has 1 unspecified atom stereocenters. The third-order valence-electron chi connectivity index (χ3n) is 5.36. The van der Waals surface area contributed by atoms with Crippen LogP contribution < -0.4 is 4.74 Å². The quantitative estimate of drug-likeness (QED) is 0.733. The number of β-amino-alcohol motifs (C(OH)–C–C–N with tert-alkyl or cyclic N) is 1. The van der Waals surface area contributed by atoms with Crippen LogP contribution in [0.4, 0.5) is 0 Å². The number of benzene rings is 2. The number of likely N-dealkylation sites (N-methyl/N-ethyl adjacent to an activating group) is 1. The number of nitrogens with zero attached hydrogens (tertiary/aromatic N) is 1. The molecule has 2 aliphatic heterocycles. The molecular weight excluding hydrogens is 366 g/mol. The minimum atomic E-state index is -0.628. The molecule has 2 aromatic carbocycles. The molecule has 0 saturated carbocycles. The lowest BCUT2D eigenvalue weighted by atomic mass is 9.84. The highest BCUT2D eigenvalue weighted by Gasteiger charge is 2.35. The number of phenolic OH excluding ortho intramolecular Hbond substituents is 2. The van der Waals surface area contributed by atoms with E-state index in [4.69, 9.17) is 16.3 Å². The number of halogens is 1. The van der Waals surface area contributed by atoms with Gasteiger partial charge >= 0.3 is 0 Å². The third-order valence-corrected chi connectivity index (χ3v) is 5.71. The van der Waals surface area contributed by atoms with E-state index in [1.165, 1.54) is 6.07 Å². The van der Waals surface area contributed by atoms with Gasteiger partial charge in [-0.1, -0.05) is 29.8 Å². The Kier molecular flexibility index (Phi) is 4.76. The summed E-state index contributed by atoms with van der Waals surface area (Å²) in [6.45, 7) is 1.32. The number of hydrogen-bond donors (Lipinski definition) is 3. The number of phenols is 2. The standard InChI is InChI=1S/C21H22ClNO4/c1-23-9-8-13(18(26)11-23)20-17(25)10-16(24)14-6-7-19(27-21(14)20)12-4-2-3-5-15(12)22/h2-7,10,13,18-19,24-26H,8-9,11H2,1H3/t13-,18+,19?/m0/s1. The Bertz CT molecular complexity index is 898. The summed E-state index contributed by atoms with van der Waals surface area (Å²) < 4.78 is 6.20. The Balaban J connectivity index is 1.78. The monoisotopic (exact) mass is 387 g/mol. The van der Waals surface area contributed by atoms with Crippen molar-refractivity contribution in [2.24, 2.45) is 0 Å². The van der Waals surface area contributed by atoms with Gasteiger partial charge in [0, 0.05) is 34.7 Å². The maximum atomic E-state index is 10.6. The Labute approximate surface area is 163 Å². The molecule has 2 aliphatic rings. The zero-order valence-electron chi connectivity index (χ0n) is 15.0. The highest BCUT2D eigenvalue weighted by atomic mass is 35.5. The maximum Gasteiger partial charge on any atom is 0.144 e. The largest absolute Gasteiger partial charge is 0.507 e. The first-order chi connectivity index (χ1) is 13.0. The van der Waals surface area contributed by atoms with Gasteiger partial charge in [-0.05, 0) is 38.2 Å². The first-order valence-electron chi connectivity index (χ1n) is 9.00. The molecule has 6 heteroatoms. The van der Waals surface area contributed by atoms with Gasteiger partial charge < -0.3 is 25.0 Å². The summed E-state index contributed by atoms with van der Waals surface area (Å²) in [5, 5.41) is 32.1. The molecule has 0 bridgehead atoms.